The number of sulfone groups is 1. The third kappa shape index (κ3) is 6.17. The summed E-state index contributed by atoms with van der Waals surface area (Å²) in [4.78, 5) is 0. The van der Waals surface area contributed by atoms with E-state index in [1.807, 2.05) is 0 Å². The first-order chi connectivity index (χ1) is 10.8. The zero-order valence-electron chi connectivity index (χ0n) is 12.2. The maximum Gasteiger partial charge on any atom is 0.157 e. The van der Waals surface area contributed by atoms with Gasteiger partial charge in [-0.15, -0.1) is 0 Å². The fourth-order valence-corrected chi connectivity index (χ4v) is 3.58. The fraction of sp³-hybridized carbons (Fsp3) is 0.250. The molecule has 0 aliphatic rings. The average molecular weight is 359 g/mol. The van der Waals surface area contributed by atoms with Crippen LogP contribution in [0.4, 0.5) is 4.39 Å². The summed E-state index contributed by atoms with van der Waals surface area (Å²) in [5.74, 6) is -0.641. The van der Waals surface area contributed by atoms with Crippen LogP contribution in [-0.4, -0.2) is 32.0 Å². The quantitative estimate of drug-likeness (QED) is 0.826. The Hall–Kier alpha value is -1.63. The van der Waals surface area contributed by atoms with E-state index in [9.17, 15) is 17.9 Å². The summed E-state index contributed by atoms with van der Waals surface area (Å²) in [6.07, 6.45) is -1.17. The lowest BCUT2D eigenvalue weighted by atomic mass is 10.2. The molecular weight excluding hydrogens is 343 g/mol. The van der Waals surface area contributed by atoms with E-state index in [0.29, 0.717) is 16.3 Å². The predicted octanol–water partition coefficient (Wildman–Crippen LogP) is 2.83. The summed E-state index contributed by atoms with van der Waals surface area (Å²) in [7, 11) is -3.49. The van der Waals surface area contributed by atoms with E-state index >= 15 is 0 Å². The molecule has 0 radical (unpaired) electrons. The van der Waals surface area contributed by atoms with Crippen molar-refractivity contribution in [3.63, 3.8) is 0 Å². The van der Waals surface area contributed by atoms with E-state index in [4.69, 9.17) is 16.3 Å². The topological polar surface area (TPSA) is 63.6 Å². The van der Waals surface area contributed by atoms with Gasteiger partial charge in [-0.3, -0.25) is 0 Å². The summed E-state index contributed by atoms with van der Waals surface area (Å²) in [6, 6.07) is 11.7. The summed E-state index contributed by atoms with van der Waals surface area (Å²) in [6.45, 7) is -0.189. The number of hydrogen-bond donors (Lipinski definition) is 1. The van der Waals surface area contributed by atoms with Crippen LogP contribution >= 0.6 is 11.6 Å². The monoisotopic (exact) mass is 358 g/mol. The molecule has 23 heavy (non-hydrogen) atoms. The van der Waals surface area contributed by atoms with Crippen LogP contribution in [0.2, 0.25) is 5.02 Å². The van der Waals surface area contributed by atoms with Crippen LogP contribution in [0.5, 0.6) is 5.75 Å². The van der Waals surface area contributed by atoms with Crippen LogP contribution < -0.4 is 4.74 Å². The van der Waals surface area contributed by atoms with Gasteiger partial charge in [0.25, 0.3) is 0 Å². The molecule has 0 heterocycles. The van der Waals surface area contributed by atoms with Gasteiger partial charge in [-0.05, 0) is 42.0 Å². The Kier molecular flexibility index (Phi) is 5.98. The third-order valence-corrected chi connectivity index (χ3v) is 4.92. The predicted molar refractivity (Wildman–Crippen MR) is 86.8 cm³/mol. The molecule has 0 unspecified atom stereocenters. The maximum absolute atomic E-state index is 12.7. The minimum Gasteiger partial charge on any atom is -0.491 e. The second kappa shape index (κ2) is 7.77. The zero-order valence-corrected chi connectivity index (χ0v) is 13.7. The summed E-state index contributed by atoms with van der Waals surface area (Å²) < 4.78 is 42.1. The Morgan fingerprint density at radius 3 is 2.30 bits per heavy atom. The Balaban J connectivity index is 1.86. The van der Waals surface area contributed by atoms with Crippen molar-refractivity contribution in [1.29, 1.82) is 0 Å². The lowest BCUT2D eigenvalue weighted by Crippen LogP contribution is -2.27. The van der Waals surface area contributed by atoms with Gasteiger partial charge in [0.15, 0.2) is 9.84 Å². The van der Waals surface area contributed by atoms with Gasteiger partial charge < -0.3 is 9.84 Å². The van der Waals surface area contributed by atoms with Gasteiger partial charge in [-0.2, -0.15) is 0 Å². The average Bonchev–Trinajstić information content (AvgIpc) is 2.48. The van der Waals surface area contributed by atoms with Crippen LogP contribution in [0.25, 0.3) is 0 Å². The van der Waals surface area contributed by atoms with Gasteiger partial charge in [0.2, 0.25) is 0 Å². The number of aliphatic hydroxyl groups excluding tert-OH is 1. The third-order valence-electron chi connectivity index (χ3n) is 3.00. The van der Waals surface area contributed by atoms with Crippen molar-refractivity contribution in [2.24, 2.45) is 0 Å². The highest BCUT2D eigenvalue weighted by Gasteiger charge is 2.18. The molecule has 124 valence electrons. The van der Waals surface area contributed by atoms with Crippen molar-refractivity contribution >= 4 is 21.4 Å². The molecule has 0 amide bonds. The van der Waals surface area contributed by atoms with Gasteiger partial charge >= 0.3 is 0 Å². The number of rotatable bonds is 7. The number of benzene rings is 2. The fourth-order valence-electron chi connectivity index (χ4n) is 1.96. The first-order valence-corrected chi connectivity index (χ1v) is 9.05. The van der Waals surface area contributed by atoms with E-state index in [-0.39, 0.29) is 12.4 Å². The van der Waals surface area contributed by atoms with E-state index in [2.05, 4.69) is 0 Å². The molecule has 1 N–H and O–H groups in total. The van der Waals surface area contributed by atoms with Gasteiger partial charge in [0.05, 0.1) is 11.5 Å². The number of halogens is 2. The maximum atomic E-state index is 12.7. The number of ether oxygens (including phenoxy) is 1. The van der Waals surface area contributed by atoms with Crippen LogP contribution in [0.1, 0.15) is 5.56 Å². The van der Waals surface area contributed by atoms with Crippen LogP contribution in [0.15, 0.2) is 48.5 Å². The van der Waals surface area contributed by atoms with Crippen molar-refractivity contribution in [3.8, 4) is 5.75 Å². The van der Waals surface area contributed by atoms with Crippen LogP contribution in [0, 0.1) is 5.82 Å². The SMILES string of the molecule is O=S(=O)(Cc1ccc(Cl)cc1)C[C@@H](O)COc1ccc(F)cc1. The zero-order chi connectivity index (χ0) is 16.9. The normalized spacial score (nSPS) is 12.8. The highest BCUT2D eigenvalue weighted by molar-refractivity contribution is 7.90. The first-order valence-electron chi connectivity index (χ1n) is 6.85. The van der Waals surface area contributed by atoms with Crippen molar-refractivity contribution in [2.45, 2.75) is 11.9 Å². The van der Waals surface area contributed by atoms with Gasteiger partial charge in [-0.25, -0.2) is 12.8 Å². The van der Waals surface area contributed by atoms with E-state index in [1.54, 1.807) is 24.3 Å². The van der Waals surface area contributed by atoms with Gasteiger partial charge in [0.1, 0.15) is 24.3 Å². The first kappa shape index (κ1) is 17.7. The van der Waals surface area contributed by atoms with Crippen LogP contribution in [0.3, 0.4) is 0 Å². The molecule has 2 rings (SSSR count). The van der Waals surface area contributed by atoms with E-state index < -0.39 is 27.5 Å². The summed E-state index contributed by atoms with van der Waals surface area (Å²) in [5, 5.41) is 10.4. The van der Waals surface area contributed by atoms with E-state index in [0.717, 1.165) is 0 Å². The minimum atomic E-state index is -3.49. The molecule has 2 aromatic carbocycles. The smallest absolute Gasteiger partial charge is 0.157 e. The van der Waals surface area contributed by atoms with Gasteiger partial charge in [0, 0.05) is 5.02 Å². The molecule has 0 saturated heterocycles. The Morgan fingerprint density at radius 1 is 1.09 bits per heavy atom. The lowest BCUT2D eigenvalue weighted by molar-refractivity contribution is 0.125. The van der Waals surface area contributed by atoms with Gasteiger partial charge in [-0.1, -0.05) is 23.7 Å². The molecule has 0 bridgehead atoms. The second-order valence-electron chi connectivity index (χ2n) is 5.10. The Bertz CT molecular complexity index is 730. The molecule has 0 fully saturated rings. The Morgan fingerprint density at radius 2 is 1.70 bits per heavy atom. The largest absolute Gasteiger partial charge is 0.491 e. The molecule has 7 heteroatoms. The number of hydrogen-bond acceptors (Lipinski definition) is 4. The summed E-state index contributed by atoms with van der Waals surface area (Å²) >= 11 is 5.75. The highest BCUT2D eigenvalue weighted by atomic mass is 35.5. The molecule has 1 atom stereocenters. The van der Waals surface area contributed by atoms with E-state index in [1.165, 1.54) is 24.3 Å². The second-order valence-corrected chi connectivity index (χ2v) is 7.65. The molecule has 0 aromatic heterocycles. The standard InChI is InChI=1S/C16H16ClFO4S/c17-13-3-1-12(2-4-13)10-23(20,21)11-15(19)9-22-16-7-5-14(18)6-8-16/h1-8,15,19H,9-11H2/t15-/m0/s1. The molecule has 0 aliphatic heterocycles. The number of aliphatic hydroxyl groups is 1. The van der Waals surface area contributed by atoms with Crippen LogP contribution in [-0.2, 0) is 15.6 Å². The molecule has 2 aromatic rings. The molecule has 0 saturated carbocycles. The molecule has 4 nitrogen and oxygen atoms in total. The Labute approximate surface area is 139 Å². The lowest BCUT2D eigenvalue weighted by Gasteiger charge is -2.13. The van der Waals surface area contributed by atoms with Crippen molar-refractivity contribution in [3.05, 3.63) is 64.9 Å². The molecular formula is C16H16ClFO4S. The van der Waals surface area contributed by atoms with Crippen molar-refractivity contribution in [2.75, 3.05) is 12.4 Å². The summed E-state index contributed by atoms with van der Waals surface area (Å²) in [5.41, 5.74) is 0.598. The van der Waals surface area contributed by atoms with Crippen molar-refractivity contribution in [1.82, 2.24) is 0 Å². The van der Waals surface area contributed by atoms with Crippen molar-refractivity contribution < 1.29 is 22.7 Å². The molecule has 0 aliphatic carbocycles. The molecule has 0 spiro atoms. The minimum absolute atomic E-state index is 0.183. The highest BCUT2D eigenvalue weighted by Crippen LogP contribution is 2.14.